The van der Waals surface area contributed by atoms with Gasteiger partial charge in [-0.2, -0.15) is 0 Å². The zero-order chi connectivity index (χ0) is 5.28. The van der Waals surface area contributed by atoms with Crippen molar-refractivity contribution in [3.8, 4) is 0 Å². The molecule has 0 unspecified atom stereocenters. The summed E-state index contributed by atoms with van der Waals surface area (Å²) in [6.07, 6.45) is -0.653. The molecule has 1 heterocycles. The standard InChI is InChI=1S/C4H9NO2/c1-5-2-3-7-4(5)6/h4,6H,2-3H2,1H3/t4-/m1/s1. The van der Waals surface area contributed by atoms with Gasteiger partial charge in [-0.15, -0.1) is 0 Å². The monoisotopic (exact) mass is 103 g/mol. The van der Waals surface area contributed by atoms with E-state index in [-0.39, 0.29) is 0 Å². The number of likely N-dealkylation sites (N-methyl/N-ethyl adjacent to an activating group) is 1. The van der Waals surface area contributed by atoms with Gasteiger partial charge in [-0.3, -0.25) is 4.90 Å². The Morgan fingerprint density at radius 2 is 2.57 bits per heavy atom. The average molecular weight is 103 g/mol. The first-order chi connectivity index (χ1) is 3.30. The number of rotatable bonds is 0. The van der Waals surface area contributed by atoms with Gasteiger partial charge in [-0.05, 0) is 7.05 Å². The van der Waals surface area contributed by atoms with Crippen LogP contribution >= 0.6 is 0 Å². The van der Waals surface area contributed by atoms with E-state index in [9.17, 15) is 0 Å². The summed E-state index contributed by atoms with van der Waals surface area (Å²) in [6, 6.07) is 0. The van der Waals surface area contributed by atoms with Crippen molar-refractivity contribution >= 4 is 0 Å². The van der Waals surface area contributed by atoms with Crippen LogP contribution in [-0.4, -0.2) is 36.6 Å². The van der Waals surface area contributed by atoms with Gasteiger partial charge in [-0.25, -0.2) is 0 Å². The fourth-order valence-electron chi connectivity index (χ4n) is 0.540. The second-order valence-electron chi connectivity index (χ2n) is 1.68. The summed E-state index contributed by atoms with van der Waals surface area (Å²) in [5.74, 6) is 0. The summed E-state index contributed by atoms with van der Waals surface area (Å²) < 4.78 is 4.75. The summed E-state index contributed by atoms with van der Waals surface area (Å²) in [5.41, 5.74) is 0. The van der Waals surface area contributed by atoms with E-state index >= 15 is 0 Å². The number of aliphatic hydroxyl groups excluding tert-OH is 1. The molecule has 0 aliphatic carbocycles. The molecule has 0 saturated carbocycles. The Bertz CT molecular complexity index is 58.7. The highest BCUT2D eigenvalue weighted by atomic mass is 16.6. The maximum atomic E-state index is 8.70. The Kier molecular flexibility index (Phi) is 1.27. The second kappa shape index (κ2) is 1.78. The van der Waals surface area contributed by atoms with Crippen molar-refractivity contribution in [2.45, 2.75) is 6.41 Å². The highest BCUT2D eigenvalue weighted by Gasteiger charge is 2.16. The normalized spacial score (nSPS) is 34.3. The lowest BCUT2D eigenvalue weighted by atomic mass is 10.7. The van der Waals surface area contributed by atoms with Gasteiger partial charge in [0.1, 0.15) is 0 Å². The molecule has 0 aromatic heterocycles. The molecule has 1 aliphatic heterocycles. The van der Waals surface area contributed by atoms with Gasteiger partial charge >= 0.3 is 0 Å². The first kappa shape index (κ1) is 5.03. The van der Waals surface area contributed by atoms with Crippen molar-refractivity contribution < 1.29 is 9.84 Å². The molecule has 1 atom stereocenters. The van der Waals surface area contributed by atoms with Crippen LogP contribution in [0.3, 0.4) is 0 Å². The van der Waals surface area contributed by atoms with Crippen LogP contribution in [0, 0.1) is 0 Å². The SMILES string of the molecule is CN1CCO[C@H]1O. The molecule has 0 aromatic rings. The molecule has 0 amide bonds. The van der Waals surface area contributed by atoms with Crippen molar-refractivity contribution in [2.75, 3.05) is 20.2 Å². The van der Waals surface area contributed by atoms with E-state index in [2.05, 4.69) is 0 Å². The zero-order valence-electron chi connectivity index (χ0n) is 4.29. The van der Waals surface area contributed by atoms with Gasteiger partial charge in [0.15, 0.2) is 0 Å². The predicted molar refractivity (Wildman–Crippen MR) is 24.6 cm³/mol. The van der Waals surface area contributed by atoms with Crippen molar-refractivity contribution in [1.29, 1.82) is 0 Å². The van der Waals surface area contributed by atoms with Crippen LogP contribution in [0.1, 0.15) is 0 Å². The third-order valence-corrected chi connectivity index (χ3v) is 1.09. The molecule has 3 nitrogen and oxygen atoms in total. The van der Waals surface area contributed by atoms with Gasteiger partial charge in [0.25, 0.3) is 0 Å². The lowest BCUT2D eigenvalue weighted by Gasteiger charge is -2.08. The second-order valence-corrected chi connectivity index (χ2v) is 1.68. The Balaban J connectivity index is 2.33. The average Bonchev–Trinajstić information content (AvgIpc) is 1.91. The van der Waals surface area contributed by atoms with Crippen LogP contribution in [0.25, 0.3) is 0 Å². The number of aliphatic hydroxyl groups is 1. The highest BCUT2D eigenvalue weighted by molar-refractivity contribution is 4.53. The van der Waals surface area contributed by atoms with Crippen molar-refractivity contribution in [3.63, 3.8) is 0 Å². The first-order valence-electron chi connectivity index (χ1n) is 2.30. The number of ether oxygens (including phenoxy) is 1. The van der Waals surface area contributed by atoms with Gasteiger partial charge in [0, 0.05) is 6.54 Å². The van der Waals surface area contributed by atoms with Crippen molar-refractivity contribution in [1.82, 2.24) is 4.90 Å². The molecule has 0 radical (unpaired) electrons. The molecule has 1 fully saturated rings. The zero-order valence-corrected chi connectivity index (χ0v) is 4.29. The van der Waals surface area contributed by atoms with Crippen LogP contribution < -0.4 is 0 Å². The topological polar surface area (TPSA) is 32.7 Å². The van der Waals surface area contributed by atoms with E-state index in [0.717, 1.165) is 6.54 Å². The highest BCUT2D eigenvalue weighted by Crippen LogP contribution is 2.00. The molecule has 0 aromatic carbocycles. The molecule has 0 spiro atoms. The van der Waals surface area contributed by atoms with Crippen molar-refractivity contribution in [2.24, 2.45) is 0 Å². The molecular formula is C4H9NO2. The van der Waals surface area contributed by atoms with E-state index in [1.165, 1.54) is 0 Å². The molecule has 1 rings (SSSR count). The molecule has 1 aliphatic rings. The lowest BCUT2D eigenvalue weighted by Crippen LogP contribution is -2.24. The summed E-state index contributed by atoms with van der Waals surface area (Å²) in [4.78, 5) is 1.74. The Morgan fingerprint density at radius 1 is 1.86 bits per heavy atom. The van der Waals surface area contributed by atoms with Crippen LogP contribution in [0.15, 0.2) is 0 Å². The summed E-state index contributed by atoms with van der Waals surface area (Å²) in [5, 5.41) is 8.70. The fourth-order valence-corrected chi connectivity index (χ4v) is 0.540. The minimum absolute atomic E-state index is 0.650. The molecule has 42 valence electrons. The number of hydrogen-bond donors (Lipinski definition) is 1. The van der Waals surface area contributed by atoms with E-state index in [1.54, 1.807) is 4.90 Å². The van der Waals surface area contributed by atoms with Gasteiger partial charge in [0.2, 0.25) is 6.41 Å². The fraction of sp³-hybridized carbons (Fsp3) is 1.00. The molecule has 7 heavy (non-hydrogen) atoms. The largest absolute Gasteiger partial charge is 0.356 e. The number of hydrogen-bond acceptors (Lipinski definition) is 3. The maximum absolute atomic E-state index is 8.70. The molecule has 3 heteroatoms. The van der Waals surface area contributed by atoms with E-state index in [1.807, 2.05) is 7.05 Å². The summed E-state index contributed by atoms with van der Waals surface area (Å²) in [7, 11) is 1.82. The first-order valence-corrected chi connectivity index (χ1v) is 2.30. The predicted octanol–water partition coefficient (Wildman–Crippen LogP) is -0.776. The molecular weight excluding hydrogens is 94.0 g/mol. The van der Waals surface area contributed by atoms with Crippen LogP contribution in [0.4, 0.5) is 0 Å². The third kappa shape index (κ3) is 0.907. The Morgan fingerprint density at radius 3 is 2.71 bits per heavy atom. The summed E-state index contributed by atoms with van der Waals surface area (Å²) >= 11 is 0. The van der Waals surface area contributed by atoms with Crippen LogP contribution in [0.2, 0.25) is 0 Å². The lowest BCUT2D eigenvalue weighted by molar-refractivity contribution is -0.125. The van der Waals surface area contributed by atoms with Gasteiger partial charge < -0.3 is 9.84 Å². The molecule has 1 saturated heterocycles. The Hall–Kier alpha value is -0.120. The van der Waals surface area contributed by atoms with Gasteiger partial charge in [0.05, 0.1) is 6.61 Å². The smallest absolute Gasteiger partial charge is 0.215 e. The molecule has 0 bridgehead atoms. The maximum Gasteiger partial charge on any atom is 0.215 e. The van der Waals surface area contributed by atoms with E-state index in [0.29, 0.717) is 6.61 Å². The quantitative estimate of drug-likeness (QED) is 0.436. The van der Waals surface area contributed by atoms with E-state index < -0.39 is 6.41 Å². The third-order valence-electron chi connectivity index (χ3n) is 1.09. The van der Waals surface area contributed by atoms with Crippen LogP contribution in [0.5, 0.6) is 0 Å². The van der Waals surface area contributed by atoms with E-state index in [4.69, 9.17) is 9.84 Å². The Labute approximate surface area is 42.5 Å². The van der Waals surface area contributed by atoms with Crippen molar-refractivity contribution in [3.05, 3.63) is 0 Å². The van der Waals surface area contributed by atoms with Gasteiger partial charge in [-0.1, -0.05) is 0 Å². The number of nitrogens with zero attached hydrogens (tertiary/aromatic N) is 1. The summed E-state index contributed by atoms with van der Waals surface area (Å²) in [6.45, 7) is 1.48. The van der Waals surface area contributed by atoms with Crippen LogP contribution in [-0.2, 0) is 4.74 Å². The minimum Gasteiger partial charge on any atom is -0.356 e. The minimum atomic E-state index is -0.653. The molecule has 1 N–H and O–H groups in total.